The van der Waals surface area contributed by atoms with Gasteiger partial charge < -0.3 is 9.84 Å². The number of carboxylic acid groups (broad SMARTS) is 1. The summed E-state index contributed by atoms with van der Waals surface area (Å²) in [5.74, 6) is 0.417. The van der Waals surface area contributed by atoms with Gasteiger partial charge in [-0.3, -0.25) is 0 Å². The second-order valence-corrected chi connectivity index (χ2v) is 7.63. The van der Waals surface area contributed by atoms with Crippen LogP contribution in [0.5, 0.6) is 0 Å². The normalized spacial score (nSPS) is 20.7. The lowest BCUT2D eigenvalue weighted by Gasteiger charge is -2.28. The van der Waals surface area contributed by atoms with Crippen molar-refractivity contribution in [2.75, 3.05) is 6.61 Å². The number of carboxylic acids is 1. The minimum atomic E-state index is -0.991. The Bertz CT molecular complexity index is 542. The maximum atomic E-state index is 11.4. The van der Waals surface area contributed by atoms with Gasteiger partial charge in [0.1, 0.15) is 0 Å². The summed E-state index contributed by atoms with van der Waals surface area (Å²) in [4.78, 5) is 11.4. The van der Waals surface area contributed by atoms with Crippen LogP contribution in [0.1, 0.15) is 76.7 Å². The Hall–Kier alpha value is -1.77. The molecule has 1 N–H and O–H groups in total. The van der Waals surface area contributed by atoms with Gasteiger partial charge in [-0.1, -0.05) is 88.6 Å². The first-order valence-corrected chi connectivity index (χ1v) is 10.3. The van der Waals surface area contributed by atoms with Crippen molar-refractivity contribution in [3.05, 3.63) is 41.7 Å². The molecule has 1 aromatic carbocycles. The Balaban J connectivity index is 1.69. The quantitative estimate of drug-likeness (QED) is 0.287. The van der Waals surface area contributed by atoms with E-state index in [0.717, 1.165) is 24.3 Å². The zero-order chi connectivity index (χ0) is 18.6. The van der Waals surface area contributed by atoms with Crippen molar-refractivity contribution in [2.24, 2.45) is 11.8 Å². The highest BCUT2D eigenvalue weighted by atomic mass is 16.5. The third kappa shape index (κ3) is 7.63. The van der Waals surface area contributed by atoms with Gasteiger partial charge in [0.2, 0.25) is 5.76 Å². The van der Waals surface area contributed by atoms with Gasteiger partial charge in [-0.05, 0) is 36.3 Å². The number of ether oxygens (including phenoxy) is 1. The summed E-state index contributed by atoms with van der Waals surface area (Å²) in [6.07, 6.45) is 14.7. The van der Waals surface area contributed by atoms with E-state index in [4.69, 9.17) is 4.74 Å². The first-order chi connectivity index (χ1) is 12.7. The van der Waals surface area contributed by atoms with Crippen molar-refractivity contribution in [3.63, 3.8) is 0 Å². The van der Waals surface area contributed by atoms with Crippen molar-refractivity contribution in [2.45, 2.75) is 71.1 Å². The van der Waals surface area contributed by atoms with Crippen LogP contribution in [0.25, 0.3) is 6.08 Å². The molecule has 0 amide bonds. The van der Waals surface area contributed by atoms with Crippen molar-refractivity contribution < 1.29 is 14.6 Å². The van der Waals surface area contributed by atoms with Crippen LogP contribution >= 0.6 is 0 Å². The van der Waals surface area contributed by atoms with E-state index in [-0.39, 0.29) is 5.76 Å². The van der Waals surface area contributed by atoms with Gasteiger partial charge in [0.25, 0.3) is 0 Å². The van der Waals surface area contributed by atoms with Crippen molar-refractivity contribution >= 4 is 12.0 Å². The minimum absolute atomic E-state index is 0.0502. The highest BCUT2D eigenvalue weighted by Crippen LogP contribution is 2.32. The number of unbranched alkanes of at least 4 members (excludes halogenated alkanes) is 4. The first kappa shape index (κ1) is 20.5. The van der Waals surface area contributed by atoms with Gasteiger partial charge in [-0.2, -0.15) is 0 Å². The number of carbonyl (C=O) groups is 1. The largest absolute Gasteiger partial charge is 0.486 e. The Kier molecular flexibility index (Phi) is 9.30. The van der Waals surface area contributed by atoms with Crippen LogP contribution in [0, 0.1) is 11.8 Å². The summed E-state index contributed by atoms with van der Waals surface area (Å²) >= 11 is 0. The second kappa shape index (κ2) is 11.8. The Morgan fingerprint density at radius 2 is 1.69 bits per heavy atom. The zero-order valence-electron chi connectivity index (χ0n) is 16.2. The molecule has 0 atom stereocenters. The molecule has 0 radical (unpaired) electrons. The molecule has 26 heavy (non-hydrogen) atoms. The number of rotatable bonds is 11. The maximum absolute atomic E-state index is 11.4. The van der Waals surface area contributed by atoms with Crippen molar-refractivity contribution in [1.82, 2.24) is 0 Å². The summed E-state index contributed by atoms with van der Waals surface area (Å²) in [6, 6.07) is 9.49. The highest BCUT2D eigenvalue weighted by molar-refractivity contribution is 5.89. The van der Waals surface area contributed by atoms with Gasteiger partial charge in [0.05, 0.1) is 6.61 Å². The van der Waals surface area contributed by atoms with Gasteiger partial charge >= 0.3 is 5.97 Å². The van der Waals surface area contributed by atoms with Crippen LogP contribution in [-0.4, -0.2) is 17.7 Å². The molecule has 144 valence electrons. The number of aliphatic carboxylic acids is 1. The average molecular weight is 359 g/mol. The molecule has 1 saturated carbocycles. The fraction of sp³-hybridized carbons (Fsp3) is 0.609. The lowest BCUT2D eigenvalue weighted by Crippen LogP contribution is -2.20. The molecule has 1 aromatic rings. The molecule has 0 unspecified atom stereocenters. The van der Waals surface area contributed by atoms with Crippen LogP contribution in [-0.2, 0) is 9.53 Å². The molecule has 0 aliphatic heterocycles. The van der Waals surface area contributed by atoms with Gasteiger partial charge in [0.15, 0.2) is 0 Å². The smallest absolute Gasteiger partial charge is 0.371 e. The lowest BCUT2D eigenvalue weighted by atomic mass is 9.80. The van der Waals surface area contributed by atoms with Crippen molar-refractivity contribution in [1.29, 1.82) is 0 Å². The molecular weight excluding hydrogens is 324 g/mol. The monoisotopic (exact) mass is 358 g/mol. The van der Waals surface area contributed by atoms with Gasteiger partial charge in [0, 0.05) is 0 Å². The molecule has 0 saturated heterocycles. The number of hydrogen-bond acceptors (Lipinski definition) is 2. The third-order valence-electron chi connectivity index (χ3n) is 5.46. The molecule has 0 heterocycles. The first-order valence-electron chi connectivity index (χ1n) is 10.3. The molecule has 1 aliphatic rings. The summed E-state index contributed by atoms with van der Waals surface area (Å²) < 4.78 is 5.67. The molecule has 2 rings (SSSR count). The predicted octanol–water partition coefficient (Wildman–Crippen LogP) is 6.30. The minimum Gasteiger partial charge on any atom is -0.486 e. The standard InChI is InChI=1S/C23H34O3/c1-2-3-4-5-7-10-19-13-15-21(16-14-19)18-26-22(23(24)25)17-20-11-8-6-9-12-20/h6,8-9,11-12,17,19,21H,2-5,7,10,13-16,18H2,1H3,(H,24,25)/b22-17+. The van der Waals surface area contributed by atoms with Crippen LogP contribution in [0.3, 0.4) is 0 Å². The Morgan fingerprint density at radius 3 is 2.35 bits per heavy atom. The molecular formula is C23H34O3. The van der Waals surface area contributed by atoms with E-state index in [9.17, 15) is 9.90 Å². The van der Waals surface area contributed by atoms with Crippen LogP contribution < -0.4 is 0 Å². The highest BCUT2D eigenvalue weighted by Gasteiger charge is 2.22. The topological polar surface area (TPSA) is 46.5 Å². The van der Waals surface area contributed by atoms with E-state index < -0.39 is 5.97 Å². The SMILES string of the molecule is CCCCCCCC1CCC(CO/C(=C/c2ccccc2)C(=O)O)CC1. The van der Waals surface area contributed by atoms with E-state index in [2.05, 4.69) is 6.92 Å². The van der Waals surface area contributed by atoms with Gasteiger partial charge in [-0.15, -0.1) is 0 Å². The van der Waals surface area contributed by atoms with E-state index in [1.165, 1.54) is 51.4 Å². The summed E-state index contributed by atoms with van der Waals surface area (Å²) in [5, 5.41) is 9.37. The molecule has 0 aromatic heterocycles. The maximum Gasteiger partial charge on any atom is 0.371 e. The fourth-order valence-corrected chi connectivity index (χ4v) is 3.80. The summed E-state index contributed by atoms with van der Waals surface area (Å²) in [5.41, 5.74) is 0.858. The summed E-state index contributed by atoms with van der Waals surface area (Å²) in [7, 11) is 0. The molecule has 3 nitrogen and oxygen atoms in total. The van der Waals surface area contributed by atoms with Crippen molar-refractivity contribution in [3.8, 4) is 0 Å². The molecule has 3 heteroatoms. The third-order valence-corrected chi connectivity index (χ3v) is 5.46. The molecule has 1 fully saturated rings. The van der Waals surface area contributed by atoms with E-state index in [1.807, 2.05) is 30.3 Å². The Morgan fingerprint density at radius 1 is 1.04 bits per heavy atom. The number of hydrogen-bond donors (Lipinski definition) is 1. The van der Waals surface area contributed by atoms with Gasteiger partial charge in [-0.25, -0.2) is 4.79 Å². The summed E-state index contributed by atoms with van der Waals surface area (Å²) in [6.45, 7) is 2.78. The lowest BCUT2D eigenvalue weighted by molar-refractivity contribution is -0.136. The van der Waals surface area contributed by atoms with Crippen LogP contribution in [0.15, 0.2) is 36.1 Å². The average Bonchev–Trinajstić information content (AvgIpc) is 2.66. The van der Waals surface area contributed by atoms with Crippen LogP contribution in [0.2, 0.25) is 0 Å². The van der Waals surface area contributed by atoms with E-state index in [1.54, 1.807) is 6.08 Å². The predicted molar refractivity (Wildman–Crippen MR) is 107 cm³/mol. The zero-order valence-corrected chi connectivity index (χ0v) is 16.2. The molecule has 1 aliphatic carbocycles. The molecule has 0 spiro atoms. The number of benzene rings is 1. The van der Waals surface area contributed by atoms with E-state index in [0.29, 0.717) is 12.5 Å². The fourth-order valence-electron chi connectivity index (χ4n) is 3.80. The second-order valence-electron chi connectivity index (χ2n) is 7.63. The molecule has 0 bridgehead atoms. The Labute approximate surface area is 158 Å². The van der Waals surface area contributed by atoms with Crippen LogP contribution in [0.4, 0.5) is 0 Å². The van der Waals surface area contributed by atoms with E-state index >= 15 is 0 Å².